The van der Waals surface area contributed by atoms with Crippen LogP contribution in [0.15, 0.2) is 71.3 Å². The van der Waals surface area contributed by atoms with Crippen LogP contribution in [0.2, 0.25) is 5.02 Å². The molecule has 11 heteroatoms. The minimum absolute atomic E-state index is 0.0343. The fourth-order valence-electron chi connectivity index (χ4n) is 3.27. The molecule has 0 aliphatic carbocycles. The van der Waals surface area contributed by atoms with Crippen LogP contribution < -0.4 is 5.32 Å². The van der Waals surface area contributed by atoms with Gasteiger partial charge in [-0.15, -0.1) is 5.10 Å². The zero-order chi connectivity index (χ0) is 22.9. The number of amides is 1. The predicted molar refractivity (Wildman–Crippen MR) is 118 cm³/mol. The van der Waals surface area contributed by atoms with Crippen molar-refractivity contribution in [1.82, 2.24) is 30.0 Å². The zero-order valence-electron chi connectivity index (χ0n) is 17.1. The molecule has 0 spiro atoms. The molecule has 2 aromatic carbocycles. The van der Waals surface area contributed by atoms with Crippen molar-refractivity contribution in [3.63, 3.8) is 0 Å². The van der Waals surface area contributed by atoms with Crippen LogP contribution in [0.4, 0.5) is 10.1 Å². The van der Waals surface area contributed by atoms with Crippen LogP contribution in [-0.4, -0.2) is 35.9 Å². The Kier molecular flexibility index (Phi) is 5.19. The van der Waals surface area contributed by atoms with Gasteiger partial charge < -0.3 is 9.73 Å². The van der Waals surface area contributed by atoms with Crippen molar-refractivity contribution in [2.45, 2.75) is 6.92 Å². The van der Waals surface area contributed by atoms with Gasteiger partial charge in [0.2, 0.25) is 0 Å². The molecule has 0 radical (unpaired) electrons. The number of nitrogens with zero attached hydrogens (tertiary/aromatic N) is 6. The third-order valence-electron chi connectivity index (χ3n) is 4.85. The third-order valence-corrected chi connectivity index (χ3v) is 5.11. The summed E-state index contributed by atoms with van der Waals surface area (Å²) in [5.41, 5.74) is 1.75. The highest BCUT2D eigenvalue weighted by atomic mass is 35.5. The highest BCUT2D eigenvalue weighted by Gasteiger charge is 2.20. The highest BCUT2D eigenvalue weighted by molar-refractivity contribution is 6.30. The second-order valence-electron chi connectivity index (χ2n) is 7.04. The van der Waals surface area contributed by atoms with E-state index in [1.807, 2.05) is 0 Å². The molecule has 1 amide bonds. The van der Waals surface area contributed by atoms with E-state index in [9.17, 15) is 9.18 Å². The zero-order valence-corrected chi connectivity index (χ0v) is 17.9. The van der Waals surface area contributed by atoms with E-state index in [2.05, 4.69) is 25.9 Å². The lowest BCUT2D eigenvalue weighted by atomic mass is 10.2. The molecule has 0 unspecified atom stereocenters. The Morgan fingerprint density at radius 3 is 2.55 bits per heavy atom. The summed E-state index contributed by atoms with van der Waals surface area (Å²) in [4.78, 5) is 13.0. The summed E-state index contributed by atoms with van der Waals surface area (Å²) in [5.74, 6) is -0.177. The van der Waals surface area contributed by atoms with Gasteiger partial charge in [-0.3, -0.25) is 4.79 Å². The summed E-state index contributed by atoms with van der Waals surface area (Å²) < 4.78 is 23.0. The monoisotopic (exact) mass is 463 g/mol. The van der Waals surface area contributed by atoms with Gasteiger partial charge in [-0.05, 0) is 71.9 Å². The average Bonchev–Trinajstić information content (AvgIpc) is 3.56. The van der Waals surface area contributed by atoms with Crippen molar-refractivity contribution in [3.05, 3.63) is 89.3 Å². The molecule has 5 aromatic rings. The molecule has 0 atom stereocenters. The standard InChI is InChI=1S/C22H15ClFN7O2/c1-13-26-28-29-30(13)16-8-9-17(24)18(11-16)25-22(32)19-12-20(21-3-2-10-33-21)31(27-19)15-6-4-14(23)5-7-15/h2-12H,1H3,(H,25,32). The van der Waals surface area contributed by atoms with E-state index >= 15 is 0 Å². The first kappa shape index (κ1) is 20.6. The van der Waals surface area contributed by atoms with Crippen LogP contribution in [-0.2, 0) is 0 Å². The molecule has 0 aliphatic heterocycles. The van der Waals surface area contributed by atoms with Gasteiger partial charge in [0.15, 0.2) is 17.3 Å². The molecular weight excluding hydrogens is 449 g/mol. The van der Waals surface area contributed by atoms with Gasteiger partial charge in [-0.1, -0.05) is 11.6 Å². The molecule has 1 N–H and O–H groups in total. The molecule has 0 bridgehead atoms. The lowest BCUT2D eigenvalue weighted by Gasteiger charge is -2.08. The number of hydrogen-bond acceptors (Lipinski definition) is 6. The molecule has 5 rings (SSSR count). The Hall–Kier alpha value is -4.31. The first-order valence-corrected chi connectivity index (χ1v) is 10.1. The van der Waals surface area contributed by atoms with Crippen molar-refractivity contribution in [2.75, 3.05) is 5.32 Å². The quantitative estimate of drug-likeness (QED) is 0.412. The first-order chi connectivity index (χ1) is 16.0. The summed E-state index contributed by atoms with van der Waals surface area (Å²) >= 11 is 6.00. The van der Waals surface area contributed by atoms with Crippen LogP contribution in [0, 0.1) is 12.7 Å². The van der Waals surface area contributed by atoms with Gasteiger partial charge >= 0.3 is 0 Å². The molecule has 164 valence electrons. The van der Waals surface area contributed by atoms with E-state index in [1.54, 1.807) is 54.1 Å². The third kappa shape index (κ3) is 3.99. The van der Waals surface area contributed by atoms with E-state index in [-0.39, 0.29) is 11.4 Å². The number of halogens is 2. The molecule has 3 heterocycles. The molecule has 0 fully saturated rings. The number of anilines is 1. The number of carbonyl (C=O) groups excluding carboxylic acids is 1. The van der Waals surface area contributed by atoms with Crippen LogP contribution >= 0.6 is 11.6 Å². The fraction of sp³-hybridized carbons (Fsp3) is 0.0455. The number of rotatable bonds is 5. The minimum Gasteiger partial charge on any atom is -0.463 e. The summed E-state index contributed by atoms with van der Waals surface area (Å²) in [7, 11) is 0. The Morgan fingerprint density at radius 1 is 1.06 bits per heavy atom. The SMILES string of the molecule is Cc1nnnn1-c1ccc(F)c(NC(=O)c2cc(-c3ccco3)n(-c3ccc(Cl)cc3)n2)c1. The number of hydrogen-bond donors (Lipinski definition) is 1. The van der Waals surface area contributed by atoms with Crippen LogP contribution in [0.25, 0.3) is 22.8 Å². The molecule has 9 nitrogen and oxygen atoms in total. The molecule has 3 aromatic heterocycles. The van der Waals surface area contributed by atoms with Crippen LogP contribution in [0.1, 0.15) is 16.3 Å². The smallest absolute Gasteiger partial charge is 0.276 e. The lowest BCUT2D eigenvalue weighted by Crippen LogP contribution is -2.15. The number of furan rings is 1. The number of aromatic nitrogens is 6. The summed E-state index contributed by atoms with van der Waals surface area (Å²) in [6, 6.07) is 16.2. The van der Waals surface area contributed by atoms with E-state index in [0.29, 0.717) is 33.7 Å². The first-order valence-electron chi connectivity index (χ1n) is 9.76. The molecule has 0 aliphatic rings. The van der Waals surface area contributed by atoms with Crippen molar-refractivity contribution in [1.29, 1.82) is 0 Å². The highest BCUT2D eigenvalue weighted by Crippen LogP contribution is 2.26. The Labute approximate surface area is 191 Å². The number of tetrazole rings is 1. The average molecular weight is 464 g/mol. The van der Waals surface area contributed by atoms with Gasteiger partial charge in [-0.25, -0.2) is 9.07 Å². The van der Waals surface area contributed by atoms with Crippen LogP contribution in [0.5, 0.6) is 0 Å². The van der Waals surface area contributed by atoms with Gasteiger partial charge in [0, 0.05) is 11.1 Å². The molecular formula is C22H15ClFN7O2. The van der Waals surface area contributed by atoms with Crippen molar-refractivity contribution >= 4 is 23.2 Å². The Morgan fingerprint density at radius 2 is 1.85 bits per heavy atom. The van der Waals surface area contributed by atoms with Gasteiger partial charge in [0.05, 0.1) is 23.3 Å². The maximum Gasteiger partial charge on any atom is 0.276 e. The topological polar surface area (TPSA) is 104 Å². The second kappa shape index (κ2) is 8.32. The predicted octanol–water partition coefficient (Wildman–Crippen LogP) is 4.46. The second-order valence-corrected chi connectivity index (χ2v) is 7.47. The van der Waals surface area contributed by atoms with Crippen molar-refractivity contribution in [3.8, 4) is 22.8 Å². The lowest BCUT2D eigenvalue weighted by molar-refractivity contribution is 0.102. The Bertz CT molecular complexity index is 1440. The van der Waals surface area contributed by atoms with Crippen molar-refractivity contribution in [2.24, 2.45) is 0 Å². The van der Waals surface area contributed by atoms with Crippen LogP contribution in [0.3, 0.4) is 0 Å². The maximum atomic E-state index is 14.5. The van der Waals surface area contributed by atoms with E-state index in [1.165, 1.54) is 29.1 Å². The van der Waals surface area contributed by atoms with Gasteiger partial charge in [-0.2, -0.15) is 9.78 Å². The largest absolute Gasteiger partial charge is 0.463 e. The number of carbonyl (C=O) groups is 1. The number of aryl methyl sites for hydroxylation is 1. The fourth-order valence-corrected chi connectivity index (χ4v) is 3.39. The molecule has 0 saturated heterocycles. The number of benzene rings is 2. The van der Waals surface area contributed by atoms with Crippen molar-refractivity contribution < 1.29 is 13.6 Å². The van der Waals surface area contributed by atoms with E-state index in [0.717, 1.165) is 0 Å². The Balaban J connectivity index is 1.50. The van der Waals surface area contributed by atoms with E-state index in [4.69, 9.17) is 16.0 Å². The summed E-state index contributed by atoms with van der Waals surface area (Å²) in [6.45, 7) is 1.71. The van der Waals surface area contributed by atoms with Gasteiger partial charge in [0.25, 0.3) is 5.91 Å². The molecule has 33 heavy (non-hydrogen) atoms. The molecule has 0 saturated carbocycles. The normalized spacial score (nSPS) is 11.0. The van der Waals surface area contributed by atoms with E-state index < -0.39 is 11.7 Å². The summed E-state index contributed by atoms with van der Waals surface area (Å²) in [5, 5.41) is 18.8. The summed E-state index contributed by atoms with van der Waals surface area (Å²) in [6.07, 6.45) is 1.52. The minimum atomic E-state index is -0.610. The van der Waals surface area contributed by atoms with Gasteiger partial charge in [0.1, 0.15) is 11.5 Å². The maximum absolute atomic E-state index is 14.5. The number of nitrogens with one attached hydrogen (secondary N) is 1.